The van der Waals surface area contributed by atoms with Crippen LogP contribution in [0.1, 0.15) is 13.3 Å². The summed E-state index contributed by atoms with van der Waals surface area (Å²) in [5, 5.41) is 2.61. The minimum atomic E-state index is -1.09. The van der Waals surface area contributed by atoms with E-state index in [1.54, 1.807) is 24.3 Å². The Hall–Kier alpha value is -1.94. The number of nitrogens with one attached hydrogen (secondary N) is 1. The summed E-state index contributed by atoms with van der Waals surface area (Å²) in [5.74, 6) is -2.06. The van der Waals surface area contributed by atoms with Gasteiger partial charge in [0, 0.05) is 21.4 Å². The average Bonchev–Trinajstić information content (AvgIpc) is 3.36. The summed E-state index contributed by atoms with van der Waals surface area (Å²) in [6.07, 6.45) is 0.815. The summed E-state index contributed by atoms with van der Waals surface area (Å²) in [4.78, 5) is 51.9. The van der Waals surface area contributed by atoms with Crippen LogP contribution in [0.2, 0.25) is 0 Å². The van der Waals surface area contributed by atoms with Crippen molar-refractivity contribution in [2.45, 2.75) is 29.0 Å². The Morgan fingerprint density at radius 3 is 2.35 bits per heavy atom. The lowest BCUT2D eigenvalue weighted by Gasteiger charge is -2.28. The van der Waals surface area contributed by atoms with E-state index in [-0.39, 0.29) is 33.3 Å². The monoisotopic (exact) mass is 556 g/mol. The molecule has 1 aromatic rings. The Bertz CT molecular complexity index is 908. The third-order valence-electron chi connectivity index (χ3n) is 6.45. The van der Waals surface area contributed by atoms with Crippen molar-refractivity contribution in [3.63, 3.8) is 0 Å². The zero-order valence-corrected chi connectivity index (χ0v) is 20.1. The zero-order chi connectivity index (χ0) is 22.4. The number of methoxy groups -OCH3 is 1. The molecule has 7 atom stereocenters. The van der Waals surface area contributed by atoms with Crippen LogP contribution in [-0.2, 0) is 23.9 Å². The number of halogens is 2. The fourth-order valence-corrected chi connectivity index (χ4v) is 6.89. The second-order valence-electron chi connectivity index (χ2n) is 8.11. The lowest BCUT2D eigenvalue weighted by atomic mass is 9.81. The SMILES string of the molecule is COc1cccc(NC(=O)COC(=O)[C@H](C)N2C(=O)[C@@H]3[C@H]4C[C@@H]([C@H](Br)[C@H]4Br)[C@@H]3C2=O)c1. The first-order valence-electron chi connectivity index (χ1n) is 10.00. The molecule has 1 aliphatic heterocycles. The lowest BCUT2D eigenvalue weighted by Crippen LogP contribution is -2.45. The van der Waals surface area contributed by atoms with Gasteiger partial charge in [0.2, 0.25) is 11.8 Å². The molecule has 1 N–H and O–H groups in total. The number of rotatable bonds is 6. The number of hydrogen-bond donors (Lipinski definition) is 1. The van der Waals surface area contributed by atoms with E-state index >= 15 is 0 Å². The number of benzene rings is 1. The highest BCUT2D eigenvalue weighted by Gasteiger charge is 2.67. The van der Waals surface area contributed by atoms with Gasteiger partial charge in [-0.2, -0.15) is 0 Å². The standard InChI is InChI=1S/C21H22Br2N2O6/c1-9(21(29)31-8-14(26)24-10-4-3-5-11(6-10)30-2)25-19(27)15-12-7-13(16(15)20(25)28)18(23)17(12)22/h3-6,9,12-13,15-18H,7-8H2,1-2H3,(H,24,26)/t9-,12+,13+,15-,16+,17-,18-/m0/s1. The van der Waals surface area contributed by atoms with E-state index in [1.807, 2.05) is 0 Å². The lowest BCUT2D eigenvalue weighted by molar-refractivity contribution is -0.159. The van der Waals surface area contributed by atoms with Gasteiger partial charge in [0.25, 0.3) is 5.91 Å². The molecule has 8 nitrogen and oxygen atoms in total. The number of carbonyl (C=O) groups is 4. The van der Waals surface area contributed by atoms with Crippen LogP contribution in [0.4, 0.5) is 5.69 Å². The fourth-order valence-electron chi connectivity index (χ4n) is 5.01. The zero-order valence-electron chi connectivity index (χ0n) is 16.9. The van der Waals surface area contributed by atoms with Crippen molar-refractivity contribution in [2.24, 2.45) is 23.7 Å². The number of alkyl halides is 2. The molecular formula is C21H22Br2N2O6. The molecule has 1 saturated heterocycles. The highest BCUT2D eigenvalue weighted by atomic mass is 79.9. The number of likely N-dealkylation sites (tertiary alicyclic amines) is 1. The molecule has 3 amide bonds. The highest BCUT2D eigenvalue weighted by molar-refractivity contribution is 9.12. The van der Waals surface area contributed by atoms with Gasteiger partial charge in [-0.25, -0.2) is 4.79 Å². The van der Waals surface area contributed by atoms with Crippen LogP contribution in [0, 0.1) is 23.7 Å². The molecule has 3 aliphatic rings. The molecule has 2 saturated carbocycles. The molecule has 1 aromatic carbocycles. The number of fused-ring (bicyclic) bond motifs is 5. The summed E-state index contributed by atoms with van der Waals surface area (Å²) >= 11 is 7.27. The number of imide groups is 1. The number of amides is 3. The van der Waals surface area contributed by atoms with Crippen molar-refractivity contribution in [1.29, 1.82) is 0 Å². The first-order chi connectivity index (χ1) is 14.7. The highest BCUT2D eigenvalue weighted by Crippen LogP contribution is 2.60. The van der Waals surface area contributed by atoms with Gasteiger partial charge >= 0.3 is 5.97 Å². The molecule has 0 radical (unpaired) electrons. The summed E-state index contributed by atoms with van der Waals surface area (Å²) in [6.45, 7) is 0.930. The van der Waals surface area contributed by atoms with E-state index < -0.39 is 36.4 Å². The van der Waals surface area contributed by atoms with Gasteiger partial charge in [-0.3, -0.25) is 19.3 Å². The van der Waals surface area contributed by atoms with E-state index in [1.165, 1.54) is 14.0 Å². The molecule has 3 fully saturated rings. The van der Waals surface area contributed by atoms with Crippen LogP contribution >= 0.6 is 31.9 Å². The Morgan fingerprint density at radius 1 is 1.16 bits per heavy atom. The second kappa shape index (κ2) is 8.54. The third kappa shape index (κ3) is 3.77. The summed E-state index contributed by atoms with van der Waals surface area (Å²) in [5.41, 5.74) is 0.496. The third-order valence-corrected chi connectivity index (χ3v) is 9.66. The quantitative estimate of drug-likeness (QED) is 0.327. The van der Waals surface area contributed by atoms with Crippen molar-refractivity contribution in [3.8, 4) is 5.75 Å². The maximum atomic E-state index is 13.0. The van der Waals surface area contributed by atoms with Gasteiger partial charge in [0.15, 0.2) is 6.61 Å². The van der Waals surface area contributed by atoms with Crippen molar-refractivity contribution < 1.29 is 28.7 Å². The Kier molecular flexibility index (Phi) is 6.13. The predicted molar refractivity (Wildman–Crippen MR) is 118 cm³/mol. The second-order valence-corrected chi connectivity index (χ2v) is 10.2. The van der Waals surface area contributed by atoms with Crippen LogP contribution in [0.25, 0.3) is 0 Å². The number of hydrogen-bond acceptors (Lipinski definition) is 6. The Balaban J connectivity index is 1.36. The van der Waals surface area contributed by atoms with Crippen LogP contribution in [0.15, 0.2) is 24.3 Å². The maximum absolute atomic E-state index is 13.0. The minimum absolute atomic E-state index is 0.0673. The number of esters is 1. The van der Waals surface area contributed by atoms with Gasteiger partial charge in [-0.15, -0.1) is 0 Å². The molecule has 10 heteroatoms. The average molecular weight is 558 g/mol. The summed E-state index contributed by atoms with van der Waals surface area (Å²) in [7, 11) is 1.51. The smallest absolute Gasteiger partial charge is 0.329 e. The van der Waals surface area contributed by atoms with Crippen molar-refractivity contribution in [3.05, 3.63) is 24.3 Å². The number of nitrogens with zero attached hydrogens (tertiary/aromatic N) is 1. The maximum Gasteiger partial charge on any atom is 0.329 e. The van der Waals surface area contributed by atoms with Crippen molar-refractivity contribution in [1.82, 2.24) is 4.90 Å². The summed E-state index contributed by atoms with van der Waals surface area (Å²) < 4.78 is 10.2. The number of carbonyl (C=O) groups excluding carboxylic acids is 4. The first-order valence-corrected chi connectivity index (χ1v) is 11.8. The molecule has 0 aromatic heterocycles. The Morgan fingerprint density at radius 2 is 1.77 bits per heavy atom. The van der Waals surface area contributed by atoms with Crippen LogP contribution in [0.5, 0.6) is 5.75 Å². The van der Waals surface area contributed by atoms with E-state index in [0.717, 1.165) is 11.3 Å². The molecule has 2 bridgehead atoms. The van der Waals surface area contributed by atoms with Gasteiger partial charge in [0.1, 0.15) is 11.8 Å². The van der Waals surface area contributed by atoms with Crippen LogP contribution in [0.3, 0.4) is 0 Å². The Labute approximate surface area is 196 Å². The molecular weight excluding hydrogens is 536 g/mol. The topological polar surface area (TPSA) is 102 Å². The van der Waals surface area contributed by atoms with Gasteiger partial charge in [-0.1, -0.05) is 37.9 Å². The van der Waals surface area contributed by atoms with Gasteiger partial charge in [-0.05, 0) is 37.3 Å². The van der Waals surface area contributed by atoms with Crippen molar-refractivity contribution >= 4 is 61.2 Å². The molecule has 4 rings (SSSR count). The predicted octanol–water partition coefficient (Wildman–Crippen LogP) is 2.34. The van der Waals surface area contributed by atoms with E-state index in [9.17, 15) is 19.2 Å². The fraction of sp³-hybridized carbons (Fsp3) is 0.524. The molecule has 0 spiro atoms. The van der Waals surface area contributed by atoms with E-state index in [0.29, 0.717) is 11.4 Å². The van der Waals surface area contributed by atoms with Gasteiger partial charge < -0.3 is 14.8 Å². The minimum Gasteiger partial charge on any atom is -0.497 e. The van der Waals surface area contributed by atoms with Gasteiger partial charge in [0.05, 0.1) is 18.9 Å². The number of anilines is 1. The summed E-state index contributed by atoms with van der Waals surface area (Å²) in [6, 6.07) is 5.67. The first kappa shape index (κ1) is 22.3. The van der Waals surface area contributed by atoms with E-state index in [2.05, 4.69) is 37.2 Å². The molecule has 2 aliphatic carbocycles. The normalized spacial score (nSPS) is 32.1. The molecule has 31 heavy (non-hydrogen) atoms. The largest absolute Gasteiger partial charge is 0.497 e. The molecule has 166 valence electrons. The van der Waals surface area contributed by atoms with Crippen LogP contribution in [-0.4, -0.2) is 58.0 Å². The molecule has 1 heterocycles. The van der Waals surface area contributed by atoms with E-state index in [4.69, 9.17) is 9.47 Å². The number of ether oxygens (including phenoxy) is 2. The molecule has 0 unspecified atom stereocenters. The van der Waals surface area contributed by atoms with Crippen LogP contribution < -0.4 is 10.1 Å². The van der Waals surface area contributed by atoms with Crippen molar-refractivity contribution in [2.75, 3.05) is 19.0 Å².